The molecule has 8 nitrogen and oxygen atoms in total. The molecule has 1 aromatic heterocycles. The maximum atomic E-state index is 12.6. The van der Waals surface area contributed by atoms with Crippen molar-refractivity contribution in [2.45, 2.75) is 50.6 Å². The molecule has 2 heterocycles. The number of methoxy groups -OCH3 is 1. The molecule has 0 atom stereocenters. The quantitative estimate of drug-likeness (QED) is 0.819. The fraction of sp³-hybridized carbons (Fsp3) is 0.867. The normalized spacial score (nSPS) is 27.4. The Morgan fingerprint density at radius 2 is 1.88 bits per heavy atom. The molecule has 136 valence electrons. The summed E-state index contributed by atoms with van der Waals surface area (Å²) >= 11 is 0. The van der Waals surface area contributed by atoms with Gasteiger partial charge in [0.2, 0.25) is 0 Å². The van der Waals surface area contributed by atoms with Gasteiger partial charge in [-0.25, -0.2) is 9.67 Å². The lowest BCUT2D eigenvalue weighted by Gasteiger charge is -2.34. The molecule has 9 heteroatoms. The number of rotatable bonds is 6. The van der Waals surface area contributed by atoms with Crippen molar-refractivity contribution in [3.63, 3.8) is 0 Å². The lowest BCUT2D eigenvalue weighted by atomic mass is 9.92. The van der Waals surface area contributed by atoms with Crippen molar-refractivity contribution in [2.24, 2.45) is 5.92 Å². The molecule has 2 aliphatic rings. The van der Waals surface area contributed by atoms with E-state index >= 15 is 0 Å². The molecule has 0 aromatic carbocycles. The van der Waals surface area contributed by atoms with Crippen LogP contribution < -0.4 is 4.72 Å². The minimum absolute atomic E-state index is 0.0199. The van der Waals surface area contributed by atoms with Crippen molar-refractivity contribution in [1.29, 1.82) is 0 Å². The average molecular weight is 357 g/mol. The summed E-state index contributed by atoms with van der Waals surface area (Å²) in [7, 11) is -1.69. The van der Waals surface area contributed by atoms with Gasteiger partial charge in [-0.15, -0.1) is 0 Å². The monoisotopic (exact) mass is 357 g/mol. The van der Waals surface area contributed by atoms with E-state index in [4.69, 9.17) is 4.74 Å². The third-order valence-corrected chi connectivity index (χ3v) is 6.81. The fourth-order valence-electron chi connectivity index (χ4n) is 3.70. The van der Waals surface area contributed by atoms with E-state index in [1.165, 1.54) is 0 Å². The second kappa shape index (κ2) is 7.90. The van der Waals surface area contributed by atoms with Gasteiger partial charge in [0.25, 0.3) is 10.2 Å². The van der Waals surface area contributed by atoms with Crippen LogP contribution in [0.1, 0.15) is 44.6 Å². The second-order valence-corrected chi connectivity index (χ2v) is 8.50. The zero-order valence-electron chi connectivity index (χ0n) is 14.2. The van der Waals surface area contributed by atoms with Crippen molar-refractivity contribution in [1.82, 2.24) is 23.8 Å². The first-order chi connectivity index (χ1) is 11.6. The Morgan fingerprint density at radius 3 is 2.46 bits per heavy atom. The van der Waals surface area contributed by atoms with Crippen LogP contribution in [0.2, 0.25) is 0 Å². The van der Waals surface area contributed by atoms with E-state index in [1.807, 2.05) is 4.68 Å². The summed E-state index contributed by atoms with van der Waals surface area (Å²) in [5, 5.41) is 4.18. The van der Waals surface area contributed by atoms with Gasteiger partial charge in [0, 0.05) is 32.8 Å². The lowest BCUT2D eigenvalue weighted by molar-refractivity contribution is 0.121. The molecule has 3 rings (SSSR count). The van der Waals surface area contributed by atoms with Gasteiger partial charge in [-0.05, 0) is 44.4 Å². The summed E-state index contributed by atoms with van der Waals surface area (Å²) < 4.78 is 36.7. The first-order valence-corrected chi connectivity index (χ1v) is 10.1. The van der Waals surface area contributed by atoms with Crippen molar-refractivity contribution in [3.8, 4) is 0 Å². The lowest BCUT2D eigenvalue weighted by Crippen LogP contribution is -2.49. The minimum Gasteiger partial charge on any atom is -0.384 e. The van der Waals surface area contributed by atoms with E-state index < -0.39 is 10.2 Å². The highest BCUT2D eigenvalue weighted by Crippen LogP contribution is 2.28. The highest BCUT2D eigenvalue weighted by Gasteiger charge is 2.31. The molecule has 0 radical (unpaired) electrons. The Bertz CT molecular complexity index is 591. The molecule has 1 N–H and O–H groups in total. The van der Waals surface area contributed by atoms with Crippen LogP contribution in [0, 0.1) is 5.92 Å². The number of aromatic nitrogens is 3. The van der Waals surface area contributed by atoms with Crippen LogP contribution in [0.15, 0.2) is 12.7 Å². The van der Waals surface area contributed by atoms with E-state index in [9.17, 15) is 8.42 Å². The smallest absolute Gasteiger partial charge is 0.279 e. The summed E-state index contributed by atoms with van der Waals surface area (Å²) in [6.07, 6.45) is 8.54. The fourth-order valence-corrected chi connectivity index (χ4v) is 5.20. The van der Waals surface area contributed by atoms with Crippen LogP contribution in [0.25, 0.3) is 0 Å². The van der Waals surface area contributed by atoms with E-state index in [2.05, 4.69) is 14.8 Å². The molecule has 1 saturated carbocycles. The molecule has 0 amide bonds. The van der Waals surface area contributed by atoms with Crippen molar-refractivity contribution >= 4 is 10.2 Å². The predicted molar refractivity (Wildman–Crippen MR) is 89.5 cm³/mol. The molecule has 0 bridgehead atoms. The van der Waals surface area contributed by atoms with E-state index in [0.29, 0.717) is 31.7 Å². The molecule has 1 aliphatic heterocycles. The van der Waals surface area contributed by atoms with Gasteiger partial charge in [-0.2, -0.15) is 22.5 Å². The van der Waals surface area contributed by atoms with Crippen molar-refractivity contribution < 1.29 is 13.2 Å². The zero-order chi connectivity index (χ0) is 17.0. The highest BCUT2D eigenvalue weighted by atomic mass is 32.2. The standard InChI is InChI=1S/C15H27N5O3S/c1-23-10-13-6-8-19(9-7-13)24(21,22)18-14-2-4-15(5-3-14)20-12-16-11-17-20/h11-15,18H,2-10H2,1H3. The van der Waals surface area contributed by atoms with Crippen molar-refractivity contribution in [3.05, 3.63) is 12.7 Å². The number of ether oxygens (including phenoxy) is 1. The largest absolute Gasteiger partial charge is 0.384 e. The molecule has 1 aliphatic carbocycles. The minimum atomic E-state index is -3.38. The first-order valence-electron chi connectivity index (χ1n) is 8.69. The van der Waals surface area contributed by atoms with E-state index in [-0.39, 0.29) is 6.04 Å². The maximum absolute atomic E-state index is 12.6. The van der Waals surface area contributed by atoms with Gasteiger partial charge < -0.3 is 4.74 Å². The van der Waals surface area contributed by atoms with Gasteiger partial charge in [0.05, 0.1) is 6.04 Å². The van der Waals surface area contributed by atoms with Gasteiger partial charge in [0.1, 0.15) is 12.7 Å². The summed E-state index contributed by atoms with van der Waals surface area (Å²) in [4.78, 5) is 3.98. The SMILES string of the molecule is COCC1CCN(S(=O)(=O)NC2CCC(n3cncn3)CC2)CC1. The highest BCUT2D eigenvalue weighted by molar-refractivity contribution is 7.87. The summed E-state index contributed by atoms with van der Waals surface area (Å²) in [6.45, 7) is 1.88. The topological polar surface area (TPSA) is 89.4 Å². The van der Waals surface area contributed by atoms with Crippen LogP contribution in [-0.4, -0.2) is 60.3 Å². The number of nitrogens with zero attached hydrogens (tertiary/aromatic N) is 4. The Hall–Kier alpha value is -1.03. The molecule has 0 unspecified atom stereocenters. The van der Waals surface area contributed by atoms with Crippen LogP contribution in [0.3, 0.4) is 0 Å². The van der Waals surface area contributed by atoms with Crippen LogP contribution in [0.4, 0.5) is 0 Å². The Labute approximate surface area is 143 Å². The third-order valence-electron chi connectivity index (χ3n) is 5.14. The Morgan fingerprint density at radius 1 is 1.17 bits per heavy atom. The van der Waals surface area contributed by atoms with Gasteiger partial charge in [-0.3, -0.25) is 0 Å². The molecular weight excluding hydrogens is 330 g/mol. The molecular formula is C15H27N5O3S. The van der Waals surface area contributed by atoms with Crippen LogP contribution in [-0.2, 0) is 14.9 Å². The van der Waals surface area contributed by atoms with E-state index in [1.54, 1.807) is 24.1 Å². The number of piperidine rings is 1. The third kappa shape index (κ3) is 4.33. The van der Waals surface area contributed by atoms with Gasteiger partial charge >= 0.3 is 0 Å². The molecule has 1 saturated heterocycles. The summed E-state index contributed by atoms with van der Waals surface area (Å²) in [6, 6.07) is 0.351. The maximum Gasteiger partial charge on any atom is 0.279 e. The van der Waals surface area contributed by atoms with Crippen LogP contribution >= 0.6 is 0 Å². The van der Waals surface area contributed by atoms with Crippen LogP contribution in [0.5, 0.6) is 0 Å². The van der Waals surface area contributed by atoms with Gasteiger partial charge in [-0.1, -0.05) is 0 Å². The predicted octanol–water partition coefficient (Wildman–Crippen LogP) is 0.955. The van der Waals surface area contributed by atoms with E-state index in [0.717, 1.165) is 38.5 Å². The molecule has 24 heavy (non-hydrogen) atoms. The summed E-state index contributed by atoms with van der Waals surface area (Å²) in [5.74, 6) is 0.472. The Balaban J connectivity index is 1.47. The second-order valence-electron chi connectivity index (χ2n) is 6.80. The van der Waals surface area contributed by atoms with Gasteiger partial charge in [0.15, 0.2) is 0 Å². The number of nitrogens with one attached hydrogen (secondary N) is 1. The molecule has 0 spiro atoms. The van der Waals surface area contributed by atoms with Crippen molar-refractivity contribution in [2.75, 3.05) is 26.8 Å². The molecule has 2 fully saturated rings. The number of hydrogen-bond acceptors (Lipinski definition) is 5. The number of hydrogen-bond donors (Lipinski definition) is 1. The average Bonchev–Trinajstić information content (AvgIpc) is 3.10. The summed E-state index contributed by atoms with van der Waals surface area (Å²) in [5.41, 5.74) is 0. The first kappa shape index (κ1) is 17.8. The Kier molecular flexibility index (Phi) is 5.85. The molecule has 1 aromatic rings. The zero-order valence-corrected chi connectivity index (χ0v) is 15.0.